The average Bonchev–Trinajstić information content (AvgIpc) is 2.46. The second-order valence-electron chi connectivity index (χ2n) is 4.85. The van der Waals surface area contributed by atoms with Gasteiger partial charge in [0.2, 0.25) is 0 Å². The predicted molar refractivity (Wildman–Crippen MR) is 83.2 cm³/mol. The van der Waals surface area contributed by atoms with Crippen molar-refractivity contribution in [2.75, 3.05) is 7.05 Å². The van der Waals surface area contributed by atoms with Gasteiger partial charge in [-0.25, -0.2) is 4.98 Å². The summed E-state index contributed by atoms with van der Waals surface area (Å²) in [6.07, 6.45) is -4.74. The molecule has 128 valence electrons. The zero-order valence-corrected chi connectivity index (χ0v) is 13.8. The molecule has 0 aliphatic carbocycles. The maximum Gasteiger partial charge on any atom is 0.573 e. The number of rotatable bonds is 4. The maximum atomic E-state index is 12.3. The highest BCUT2D eigenvalue weighted by atomic mass is 35.5. The van der Waals surface area contributed by atoms with E-state index in [4.69, 9.17) is 23.2 Å². The molecule has 0 unspecified atom stereocenters. The highest BCUT2D eigenvalue weighted by molar-refractivity contribution is 6.33. The van der Waals surface area contributed by atoms with Crippen molar-refractivity contribution in [2.24, 2.45) is 0 Å². The van der Waals surface area contributed by atoms with Gasteiger partial charge in [-0.2, -0.15) is 0 Å². The van der Waals surface area contributed by atoms with Crippen LogP contribution in [0.4, 0.5) is 13.2 Å². The summed E-state index contributed by atoms with van der Waals surface area (Å²) in [6, 6.07) is 8.01. The number of amides is 1. The van der Waals surface area contributed by atoms with E-state index in [1.54, 1.807) is 7.05 Å². The number of aromatic nitrogens is 1. The van der Waals surface area contributed by atoms with Crippen LogP contribution in [-0.2, 0) is 6.54 Å². The van der Waals surface area contributed by atoms with Gasteiger partial charge in [0.15, 0.2) is 0 Å². The number of halogens is 5. The summed E-state index contributed by atoms with van der Waals surface area (Å²) in [4.78, 5) is 17.4. The lowest BCUT2D eigenvalue weighted by Crippen LogP contribution is -2.26. The number of carbonyl (C=O) groups excluding carboxylic acids is 1. The summed E-state index contributed by atoms with van der Waals surface area (Å²) in [5.41, 5.74) is 0.895. The molecule has 1 heterocycles. The Morgan fingerprint density at radius 1 is 1.17 bits per heavy atom. The molecule has 9 heteroatoms. The van der Waals surface area contributed by atoms with Crippen LogP contribution in [0.1, 0.15) is 15.9 Å². The smallest absolute Gasteiger partial charge is 0.406 e. The molecule has 24 heavy (non-hydrogen) atoms. The minimum absolute atomic E-state index is 0.0907. The Hall–Kier alpha value is -1.99. The molecule has 0 fully saturated rings. The van der Waals surface area contributed by atoms with Gasteiger partial charge in [0.05, 0.1) is 0 Å². The van der Waals surface area contributed by atoms with Gasteiger partial charge < -0.3 is 9.64 Å². The number of benzene rings is 1. The standard InChI is InChI=1S/C15H11Cl2F3N2O2/c1-22(14(23)10-6-12(16)21-13(17)7-10)8-9-2-4-11(5-3-9)24-15(18,19)20/h2-7H,8H2,1H3. The van der Waals surface area contributed by atoms with E-state index in [0.29, 0.717) is 5.56 Å². The lowest BCUT2D eigenvalue weighted by molar-refractivity contribution is -0.274. The highest BCUT2D eigenvalue weighted by Gasteiger charge is 2.30. The molecule has 0 radical (unpaired) electrons. The third kappa shape index (κ3) is 5.28. The molecule has 2 rings (SSSR count). The van der Waals surface area contributed by atoms with Crippen LogP contribution in [-0.4, -0.2) is 29.2 Å². The summed E-state index contributed by atoms with van der Waals surface area (Å²) in [5.74, 6) is -0.676. The zero-order chi connectivity index (χ0) is 17.9. The van der Waals surface area contributed by atoms with Gasteiger partial charge in [0, 0.05) is 19.2 Å². The van der Waals surface area contributed by atoms with E-state index in [0.717, 1.165) is 0 Å². The summed E-state index contributed by atoms with van der Waals surface area (Å²) >= 11 is 11.5. The molecule has 0 saturated heterocycles. The van der Waals surface area contributed by atoms with Crippen LogP contribution in [0.25, 0.3) is 0 Å². The van der Waals surface area contributed by atoms with Crippen molar-refractivity contribution in [2.45, 2.75) is 12.9 Å². The molecular formula is C15H11Cl2F3N2O2. The molecule has 0 atom stereocenters. The first-order valence-corrected chi connectivity index (χ1v) is 7.33. The monoisotopic (exact) mass is 378 g/mol. The molecule has 0 aliphatic heterocycles. The molecule has 0 aliphatic rings. The topological polar surface area (TPSA) is 42.4 Å². The molecule has 4 nitrogen and oxygen atoms in total. The van der Waals surface area contributed by atoms with Gasteiger partial charge in [-0.05, 0) is 29.8 Å². The van der Waals surface area contributed by atoms with E-state index >= 15 is 0 Å². The summed E-state index contributed by atoms with van der Waals surface area (Å²) in [5, 5.41) is 0.181. The van der Waals surface area contributed by atoms with Crippen LogP contribution in [0.5, 0.6) is 5.75 Å². The third-order valence-electron chi connectivity index (χ3n) is 2.93. The molecular weight excluding hydrogens is 368 g/mol. The second-order valence-corrected chi connectivity index (χ2v) is 5.63. The average molecular weight is 379 g/mol. The molecule has 1 aromatic heterocycles. The minimum Gasteiger partial charge on any atom is -0.406 e. The van der Waals surface area contributed by atoms with Crippen molar-refractivity contribution < 1.29 is 22.7 Å². The Morgan fingerprint density at radius 2 is 1.71 bits per heavy atom. The first-order chi connectivity index (χ1) is 11.1. The normalized spacial score (nSPS) is 11.2. The summed E-state index contributed by atoms with van der Waals surface area (Å²) < 4.78 is 40.1. The zero-order valence-electron chi connectivity index (χ0n) is 12.3. The van der Waals surface area contributed by atoms with Gasteiger partial charge in [0.1, 0.15) is 16.1 Å². The van der Waals surface area contributed by atoms with Crippen molar-refractivity contribution in [3.8, 4) is 5.75 Å². The van der Waals surface area contributed by atoms with Crippen LogP contribution < -0.4 is 4.74 Å². The SMILES string of the molecule is CN(Cc1ccc(OC(F)(F)F)cc1)C(=O)c1cc(Cl)nc(Cl)c1. The molecule has 2 aromatic rings. The molecule has 0 saturated carbocycles. The summed E-state index contributed by atoms with van der Waals surface area (Å²) in [7, 11) is 1.55. The van der Waals surface area contributed by atoms with E-state index in [9.17, 15) is 18.0 Å². The number of nitrogens with zero attached hydrogens (tertiary/aromatic N) is 2. The Kier molecular flexibility index (Phi) is 5.56. The summed E-state index contributed by atoms with van der Waals surface area (Å²) in [6.45, 7) is 0.183. The first kappa shape index (κ1) is 18.4. The van der Waals surface area contributed by atoms with Crippen LogP contribution >= 0.6 is 23.2 Å². The lowest BCUT2D eigenvalue weighted by Gasteiger charge is -2.18. The van der Waals surface area contributed by atoms with Crippen LogP contribution in [0.15, 0.2) is 36.4 Å². The van der Waals surface area contributed by atoms with Gasteiger partial charge in [-0.3, -0.25) is 4.79 Å². The van der Waals surface area contributed by atoms with Crippen molar-refractivity contribution in [1.82, 2.24) is 9.88 Å². The van der Waals surface area contributed by atoms with Crippen molar-refractivity contribution in [1.29, 1.82) is 0 Å². The Labute approximate surface area is 145 Å². The van der Waals surface area contributed by atoms with E-state index in [1.807, 2.05) is 0 Å². The molecule has 0 bridgehead atoms. The van der Waals surface area contributed by atoms with Crippen LogP contribution in [0, 0.1) is 0 Å². The van der Waals surface area contributed by atoms with E-state index in [2.05, 4.69) is 9.72 Å². The molecule has 1 amide bonds. The first-order valence-electron chi connectivity index (χ1n) is 6.57. The maximum absolute atomic E-state index is 12.3. The van der Waals surface area contributed by atoms with Crippen LogP contribution in [0.3, 0.4) is 0 Å². The fourth-order valence-corrected chi connectivity index (χ4v) is 2.41. The number of pyridine rings is 1. The van der Waals surface area contributed by atoms with E-state index < -0.39 is 6.36 Å². The van der Waals surface area contributed by atoms with Gasteiger partial charge >= 0.3 is 6.36 Å². The van der Waals surface area contributed by atoms with Crippen molar-refractivity contribution in [3.63, 3.8) is 0 Å². The third-order valence-corrected chi connectivity index (χ3v) is 3.32. The predicted octanol–water partition coefficient (Wildman–Crippen LogP) is 4.56. The van der Waals surface area contributed by atoms with Crippen molar-refractivity contribution >= 4 is 29.1 Å². The Bertz CT molecular complexity index is 716. The number of hydrogen-bond acceptors (Lipinski definition) is 3. The van der Waals surface area contributed by atoms with Crippen molar-refractivity contribution in [3.05, 3.63) is 57.8 Å². The fourth-order valence-electron chi connectivity index (χ4n) is 1.95. The van der Waals surface area contributed by atoms with Gasteiger partial charge in [0.25, 0.3) is 5.91 Å². The van der Waals surface area contributed by atoms with Crippen LogP contribution in [0.2, 0.25) is 10.3 Å². The molecule has 1 aromatic carbocycles. The Morgan fingerprint density at radius 3 is 2.21 bits per heavy atom. The highest BCUT2D eigenvalue weighted by Crippen LogP contribution is 2.23. The largest absolute Gasteiger partial charge is 0.573 e. The number of ether oxygens (including phenoxy) is 1. The van der Waals surface area contributed by atoms with E-state index in [1.165, 1.54) is 41.3 Å². The Balaban J connectivity index is 2.06. The molecule has 0 spiro atoms. The molecule has 0 N–H and O–H groups in total. The quantitative estimate of drug-likeness (QED) is 0.732. The van der Waals surface area contributed by atoms with Gasteiger partial charge in [-0.15, -0.1) is 13.2 Å². The number of hydrogen-bond donors (Lipinski definition) is 0. The van der Waals surface area contributed by atoms with E-state index in [-0.39, 0.29) is 34.1 Å². The number of alkyl halides is 3. The minimum atomic E-state index is -4.74. The van der Waals surface area contributed by atoms with Gasteiger partial charge in [-0.1, -0.05) is 35.3 Å². The second kappa shape index (κ2) is 7.27. The lowest BCUT2D eigenvalue weighted by atomic mass is 10.2. The number of carbonyl (C=O) groups is 1. The fraction of sp³-hybridized carbons (Fsp3) is 0.200.